The summed E-state index contributed by atoms with van der Waals surface area (Å²) >= 11 is 11.2. The number of aromatic nitrogens is 2. The molecule has 18 heavy (non-hydrogen) atoms. The van der Waals surface area contributed by atoms with E-state index in [1.54, 1.807) is 12.3 Å². The van der Waals surface area contributed by atoms with E-state index in [4.69, 9.17) is 29.6 Å². The van der Waals surface area contributed by atoms with Gasteiger partial charge in [0.2, 0.25) is 0 Å². The van der Waals surface area contributed by atoms with E-state index in [0.717, 1.165) is 24.4 Å². The summed E-state index contributed by atoms with van der Waals surface area (Å²) in [6.45, 7) is 2.12. The van der Waals surface area contributed by atoms with Gasteiger partial charge in [0.25, 0.3) is 0 Å². The standard InChI is InChI=1S/C13H14ClN3S/c1-2-4-11-16-7-8-17(11)10-6-3-5-9(14)12(10)13(15)18/h3,5-8H,2,4H2,1H3,(H2,15,18). The van der Waals surface area contributed by atoms with E-state index in [-0.39, 0.29) is 0 Å². The summed E-state index contributed by atoms with van der Waals surface area (Å²) in [7, 11) is 0. The highest BCUT2D eigenvalue weighted by molar-refractivity contribution is 7.80. The zero-order valence-corrected chi connectivity index (χ0v) is 11.6. The molecule has 2 rings (SSSR count). The summed E-state index contributed by atoms with van der Waals surface area (Å²) in [4.78, 5) is 4.65. The van der Waals surface area contributed by atoms with Crippen LogP contribution in [0.3, 0.4) is 0 Å². The molecule has 0 unspecified atom stereocenters. The van der Waals surface area contributed by atoms with Crippen molar-refractivity contribution in [2.24, 2.45) is 5.73 Å². The van der Waals surface area contributed by atoms with Crippen LogP contribution in [0.1, 0.15) is 24.7 Å². The number of nitrogens with two attached hydrogens (primary N) is 1. The molecule has 0 aliphatic rings. The first-order valence-electron chi connectivity index (χ1n) is 5.76. The average Bonchev–Trinajstić information content (AvgIpc) is 2.76. The van der Waals surface area contributed by atoms with E-state index >= 15 is 0 Å². The molecule has 0 fully saturated rings. The summed E-state index contributed by atoms with van der Waals surface area (Å²) in [6, 6.07) is 5.62. The van der Waals surface area contributed by atoms with Crippen molar-refractivity contribution in [3.63, 3.8) is 0 Å². The SMILES string of the molecule is CCCc1nccn1-c1cccc(Cl)c1C(N)=S. The number of rotatable bonds is 4. The topological polar surface area (TPSA) is 43.8 Å². The van der Waals surface area contributed by atoms with Crippen LogP contribution in [-0.4, -0.2) is 14.5 Å². The van der Waals surface area contributed by atoms with E-state index in [1.807, 2.05) is 22.9 Å². The van der Waals surface area contributed by atoms with Crippen LogP contribution >= 0.6 is 23.8 Å². The molecular weight excluding hydrogens is 266 g/mol. The van der Waals surface area contributed by atoms with Crippen LogP contribution in [-0.2, 0) is 6.42 Å². The number of halogens is 1. The molecule has 0 aliphatic heterocycles. The molecule has 0 saturated heterocycles. The molecule has 2 N–H and O–H groups in total. The second-order valence-electron chi connectivity index (χ2n) is 3.96. The number of benzene rings is 1. The molecule has 0 radical (unpaired) electrons. The van der Waals surface area contributed by atoms with Gasteiger partial charge >= 0.3 is 0 Å². The monoisotopic (exact) mass is 279 g/mol. The van der Waals surface area contributed by atoms with Crippen LogP contribution in [0.4, 0.5) is 0 Å². The maximum atomic E-state index is 6.17. The number of aryl methyl sites for hydroxylation is 1. The maximum Gasteiger partial charge on any atom is 0.113 e. The summed E-state index contributed by atoms with van der Waals surface area (Å²) in [5.41, 5.74) is 7.34. The number of imidazole rings is 1. The molecule has 0 amide bonds. The minimum Gasteiger partial charge on any atom is -0.389 e. The summed E-state index contributed by atoms with van der Waals surface area (Å²) in [5.74, 6) is 0.984. The lowest BCUT2D eigenvalue weighted by atomic mass is 10.1. The predicted molar refractivity (Wildman–Crippen MR) is 78.5 cm³/mol. The van der Waals surface area contributed by atoms with Crippen LogP contribution in [0.15, 0.2) is 30.6 Å². The van der Waals surface area contributed by atoms with Crippen LogP contribution in [0.5, 0.6) is 0 Å². The quantitative estimate of drug-likeness (QED) is 0.875. The molecule has 1 heterocycles. The fraction of sp³-hybridized carbons (Fsp3) is 0.231. The minimum absolute atomic E-state index is 0.298. The third-order valence-electron chi connectivity index (χ3n) is 2.69. The number of nitrogens with zero attached hydrogens (tertiary/aromatic N) is 2. The zero-order chi connectivity index (χ0) is 13.1. The van der Waals surface area contributed by atoms with Crippen molar-refractivity contribution in [1.29, 1.82) is 0 Å². The number of hydrogen-bond donors (Lipinski definition) is 1. The van der Waals surface area contributed by atoms with Crippen molar-refractivity contribution in [2.45, 2.75) is 19.8 Å². The Morgan fingerprint density at radius 3 is 2.94 bits per heavy atom. The first-order valence-corrected chi connectivity index (χ1v) is 6.54. The highest BCUT2D eigenvalue weighted by atomic mass is 35.5. The molecule has 3 nitrogen and oxygen atoms in total. The van der Waals surface area contributed by atoms with Crippen LogP contribution in [0, 0.1) is 0 Å². The number of hydrogen-bond acceptors (Lipinski definition) is 2. The Morgan fingerprint density at radius 1 is 1.50 bits per heavy atom. The molecule has 0 saturated carbocycles. The van der Waals surface area contributed by atoms with Crippen molar-refractivity contribution in [2.75, 3.05) is 0 Å². The third kappa shape index (κ3) is 2.40. The highest BCUT2D eigenvalue weighted by Crippen LogP contribution is 2.24. The fourth-order valence-electron chi connectivity index (χ4n) is 1.92. The van der Waals surface area contributed by atoms with Crippen molar-refractivity contribution in [3.05, 3.63) is 47.0 Å². The summed E-state index contributed by atoms with van der Waals surface area (Å²) < 4.78 is 1.99. The van der Waals surface area contributed by atoms with E-state index < -0.39 is 0 Å². The third-order valence-corrected chi connectivity index (χ3v) is 3.21. The first-order chi connectivity index (χ1) is 8.65. The van der Waals surface area contributed by atoms with Gasteiger partial charge in [-0.3, -0.25) is 0 Å². The Bertz CT molecular complexity index is 577. The first kappa shape index (κ1) is 13.1. The molecule has 2 aromatic rings. The smallest absolute Gasteiger partial charge is 0.113 e. The molecule has 94 valence electrons. The van der Waals surface area contributed by atoms with E-state index in [2.05, 4.69) is 11.9 Å². The second-order valence-corrected chi connectivity index (χ2v) is 4.81. The van der Waals surface area contributed by atoms with Gasteiger partial charge < -0.3 is 10.3 Å². The summed E-state index contributed by atoms with van der Waals surface area (Å²) in [6.07, 6.45) is 5.60. The van der Waals surface area contributed by atoms with Gasteiger partial charge in [0.1, 0.15) is 10.8 Å². The van der Waals surface area contributed by atoms with Gasteiger partial charge in [0, 0.05) is 18.8 Å². The Morgan fingerprint density at radius 2 is 2.28 bits per heavy atom. The van der Waals surface area contributed by atoms with Gasteiger partial charge in [-0.15, -0.1) is 0 Å². The van der Waals surface area contributed by atoms with Crippen molar-refractivity contribution in [3.8, 4) is 5.69 Å². The van der Waals surface area contributed by atoms with Gasteiger partial charge in [-0.2, -0.15) is 0 Å². The molecule has 0 spiro atoms. The van der Waals surface area contributed by atoms with Gasteiger partial charge in [0.05, 0.1) is 16.3 Å². The van der Waals surface area contributed by atoms with Crippen molar-refractivity contribution >= 4 is 28.8 Å². The minimum atomic E-state index is 0.298. The van der Waals surface area contributed by atoms with E-state index in [1.165, 1.54) is 0 Å². The Balaban J connectivity index is 2.60. The molecule has 0 bridgehead atoms. The van der Waals surface area contributed by atoms with Gasteiger partial charge in [0.15, 0.2) is 0 Å². The molecular formula is C13H14ClN3S. The molecule has 5 heteroatoms. The maximum absolute atomic E-state index is 6.17. The Hall–Kier alpha value is -1.39. The molecule has 1 aromatic carbocycles. The highest BCUT2D eigenvalue weighted by Gasteiger charge is 2.13. The predicted octanol–water partition coefficient (Wildman–Crippen LogP) is 3.11. The normalized spacial score (nSPS) is 10.6. The molecule has 0 atom stereocenters. The lowest BCUT2D eigenvalue weighted by molar-refractivity contribution is 0.809. The number of thiocarbonyl (C=S) groups is 1. The zero-order valence-electron chi connectivity index (χ0n) is 10.1. The lowest BCUT2D eigenvalue weighted by Gasteiger charge is -2.13. The Kier molecular flexibility index (Phi) is 3.99. The largest absolute Gasteiger partial charge is 0.389 e. The second kappa shape index (κ2) is 5.50. The molecule has 0 aliphatic carbocycles. The van der Waals surface area contributed by atoms with Crippen molar-refractivity contribution < 1.29 is 0 Å². The van der Waals surface area contributed by atoms with E-state index in [9.17, 15) is 0 Å². The van der Waals surface area contributed by atoms with Crippen molar-refractivity contribution in [1.82, 2.24) is 9.55 Å². The van der Waals surface area contributed by atoms with Gasteiger partial charge in [-0.25, -0.2) is 4.98 Å². The van der Waals surface area contributed by atoms with Gasteiger partial charge in [-0.1, -0.05) is 36.8 Å². The summed E-state index contributed by atoms with van der Waals surface area (Å²) in [5, 5.41) is 0.566. The lowest BCUT2D eigenvalue weighted by Crippen LogP contribution is -2.15. The van der Waals surface area contributed by atoms with Gasteiger partial charge in [-0.05, 0) is 18.6 Å². The molecule has 1 aromatic heterocycles. The Labute approximate surface area is 117 Å². The van der Waals surface area contributed by atoms with E-state index in [0.29, 0.717) is 15.6 Å². The van der Waals surface area contributed by atoms with Crippen LogP contribution in [0.2, 0.25) is 5.02 Å². The average molecular weight is 280 g/mol. The van der Waals surface area contributed by atoms with Crippen LogP contribution in [0.25, 0.3) is 5.69 Å². The fourth-order valence-corrected chi connectivity index (χ4v) is 2.46. The van der Waals surface area contributed by atoms with Crippen LogP contribution < -0.4 is 5.73 Å².